The first-order chi connectivity index (χ1) is 9.08. The predicted octanol–water partition coefficient (Wildman–Crippen LogP) is 2.08. The van der Waals surface area contributed by atoms with Gasteiger partial charge < -0.3 is 9.88 Å². The van der Waals surface area contributed by atoms with Crippen LogP contribution in [0, 0.1) is 0 Å². The molecule has 0 aliphatic rings. The Bertz CT molecular complexity index is 647. The van der Waals surface area contributed by atoms with E-state index in [9.17, 15) is 9.59 Å². The monoisotopic (exact) mass is 320 g/mol. The fourth-order valence-electron chi connectivity index (χ4n) is 1.67. The van der Waals surface area contributed by atoms with Crippen molar-refractivity contribution in [3.05, 3.63) is 68.5 Å². The lowest BCUT2D eigenvalue weighted by Gasteiger charge is -2.06. The molecule has 98 valence electrons. The summed E-state index contributed by atoms with van der Waals surface area (Å²) in [4.78, 5) is 23.7. The molecule has 1 aromatic carbocycles. The summed E-state index contributed by atoms with van der Waals surface area (Å²) in [7, 11) is 1.68. The van der Waals surface area contributed by atoms with Crippen molar-refractivity contribution in [1.29, 1.82) is 0 Å². The van der Waals surface area contributed by atoms with Gasteiger partial charge in [-0.1, -0.05) is 22.0 Å². The van der Waals surface area contributed by atoms with Gasteiger partial charge in [-0.3, -0.25) is 9.59 Å². The van der Waals surface area contributed by atoms with E-state index in [2.05, 4.69) is 21.2 Å². The zero-order valence-corrected chi connectivity index (χ0v) is 12.0. The number of pyridine rings is 1. The molecule has 1 heterocycles. The third-order valence-corrected chi connectivity index (χ3v) is 3.28. The van der Waals surface area contributed by atoms with Crippen molar-refractivity contribution in [1.82, 2.24) is 9.88 Å². The molecule has 0 radical (unpaired) electrons. The average Bonchev–Trinajstić information content (AvgIpc) is 2.41. The minimum Gasteiger partial charge on any atom is -0.348 e. The number of benzene rings is 1. The van der Waals surface area contributed by atoms with Crippen LogP contribution in [-0.4, -0.2) is 10.5 Å². The number of carbonyl (C=O) groups excluding carboxylic acids is 1. The number of carbonyl (C=O) groups is 1. The molecule has 5 heteroatoms. The number of rotatable bonds is 3. The fourth-order valence-corrected chi connectivity index (χ4v) is 1.93. The van der Waals surface area contributed by atoms with Crippen LogP contribution in [0.4, 0.5) is 0 Å². The van der Waals surface area contributed by atoms with Gasteiger partial charge in [-0.25, -0.2) is 0 Å². The smallest absolute Gasteiger partial charge is 0.255 e. The summed E-state index contributed by atoms with van der Waals surface area (Å²) in [5, 5.41) is 2.74. The van der Waals surface area contributed by atoms with Crippen molar-refractivity contribution in [2.24, 2.45) is 7.05 Å². The van der Waals surface area contributed by atoms with Gasteiger partial charge in [0.25, 0.3) is 11.5 Å². The molecule has 0 bridgehead atoms. The lowest BCUT2D eigenvalue weighted by Crippen LogP contribution is -2.28. The maximum absolute atomic E-state index is 11.9. The molecule has 0 aliphatic heterocycles. The molecule has 0 saturated carbocycles. The van der Waals surface area contributed by atoms with Crippen LogP contribution in [-0.2, 0) is 13.6 Å². The van der Waals surface area contributed by atoms with Gasteiger partial charge in [0.2, 0.25) is 0 Å². The Morgan fingerprint density at radius 3 is 2.63 bits per heavy atom. The second-order valence-corrected chi connectivity index (χ2v) is 5.05. The van der Waals surface area contributed by atoms with Crippen LogP contribution < -0.4 is 10.9 Å². The topological polar surface area (TPSA) is 51.1 Å². The van der Waals surface area contributed by atoms with Crippen molar-refractivity contribution < 1.29 is 4.79 Å². The van der Waals surface area contributed by atoms with Crippen LogP contribution in [0.2, 0.25) is 0 Å². The van der Waals surface area contributed by atoms with E-state index in [4.69, 9.17) is 0 Å². The van der Waals surface area contributed by atoms with Crippen LogP contribution >= 0.6 is 15.9 Å². The Morgan fingerprint density at radius 1 is 1.26 bits per heavy atom. The molecular weight excluding hydrogens is 308 g/mol. The highest BCUT2D eigenvalue weighted by molar-refractivity contribution is 9.10. The number of nitrogens with zero attached hydrogens (tertiary/aromatic N) is 1. The van der Waals surface area contributed by atoms with E-state index in [1.807, 2.05) is 0 Å². The molecule has 0 atom stereocenters. The number of halogens is 1. The maximum Gasteiger partial charge on any atom is 0.255 e. The van der Waals surface area contributed by atoms with Crippen molar-refractivity contribution in [2.45, 2.75) is 6.54 Å². The molecule has 0 fully saturated rings. The Labute approximate surface area is 119 Å². The van der Waals surface area contributed by atoms with Gasteiger partial charge in [-0.2, -0.15) is 0 Å². The third kappa shape index (κ3) is 3.32. The summed E-state index contributed by atoms with van der Waals surface area (Å²) in [5.74, 6) is -0.196. The Kier molecular flexibility index (Phi) is 4.16. The van der Waals surface area contributed by atoms with Gasteiger partial charge in [0.05, 0.1) is 0 Å². The van der Waals surface area contributed by atoms with Crippen molar-refractivity contribution >= 4 is 21.8 Å². The second-order valence-electron chi connectivity index (χ2n) is 4.14. The number of aryl methyl sites for hydroxylation is 1. The average molecular weight is 321 g/mol. The van der Waals surface area contributed by atoms with Crippen LogP contribution in [0.5, 0.6) is 0 Å². The van der Waals surface area contributed by atoms with Crippen LogP contribution in [0.1, 0.15) is 15.9 Å². The first kappa shape index (κ1) is 13.5. The molecule has 0 spiro atoms. The standard InChI is InChI=1S/C14H13BrN2O2/c1-17-8-2-3-11(14(17)19)9-16-13(18)10-4-6-12(15)7-5-10/h2-8H,9H2,1H3,(H,16,18). The number of hydrogen-bond acceptors (Lipinski definition) is 2. The lowest BCUT2D eigenvalue weighted by atomic mass is 10.2. The quantitative estimate of drug-likeness (QED) is 0.941. The van der Waals surface area contributed by atoms with E-state index >= 15 is 0 Å². The lowest BCUT2D eigenvalue weighted by molar-refractivity contribution is 0.0950. The highest BCUT2D eigenvalue weighted by Gasteiger charge is 2.06. The normalized spacial score (nSPS) is 10.2. The first-order valence-electron chi connectivity index (χ1n) is 5.76. The summed E-state index contributed by atoms with van der Waals surface area (Å²) in [6, 6.07) is 10.5. The van der Waals surface area contributed by atoms with Crippen LogP contribution in [0.25, 0.3) is 0 Å². The van der Waals surface area contributed by atoms with E-state index < -0.39 is 0 Å². The number of aromatic nitrogens is 1. The predicted molar refractivity (Wildman–Crippen MR) is 77.0 cm³/mol. The van der Waals surface area contributed by atoms with E-state index in [0.29, 0.717) is 11.1 Å². The molecule has 1 amide bonds. The molecule has 2 rings (SSSR count). The Balaban J connectivity index is 2.06. The maximum atomic E-state index is 11.9. The molecule has 1 N–H and O–H groups in total. The molecule has 0 aliphatic carbocycles. The van der Waals surface area contributed by atoms with E-state index in [1.165, 1.54) is 4.57 Å². The minimum absolute atomic E-state index is 0.0985. The largest absolute Gasteiger partial charge is 0.348 e. The molecule has 0 unspecified atom stereocenters. The van der Waals surface area contributed by atoms with Gasteiger partial charge in [0, 0.05) is 35.4 Å². The summed E-state index contributed by atoms with van der Waals surface area (Å²) in [6.07, 6.45) is 1.68. The molecule has 4 nitrogen and oxygen atoms in total. The SMILES string of the molecule is Cn1cccc(CNC(=O)c2ccc(Br)cc2)c1=O. The summed E-state index contributed by atoms with van der Waals surface area (Å²) in [6.45, 7) is 0.225. The number of amides is 1. The molecule has 0 saturated heterocycles. The molecule has 2 aromatic rings. The van der Waals surface area contributed by atoms with Crippen LogP contribution in [0.3, 0.4) is 0 Å². The Hall–Kier alpha value is -1.88. The van der Waals surface area contributed by atoms with E-state index in [-0.39, 0.29) is 18.0 Å². The molecular formula is C14H13BrN2O2. The second kappa shape index (κ2) is 5.84. The summed E-state index contributed by atoms with van der Waals surface area (Å²) < 4.78 is 2.40. The van der Waals surface area contributed by atoms with Gasteiger partial charge in [-0.15, -0.1) is 0 Å². The Morgan fingerprint density at radius 2 is 1.95 bits per heavy atom. The van der Waals surface area contributed by atoms with E-state index in [0.717, 1.165) is 4.47 Å². The highest BCUT2D eigenvalue weighted by Crippen LogP contribution is 2.10. The van der Waals surface area contributed by atoms with E-state index in [1.54, 1.807) is 49.6 Å². The zero-order chi connectivity index (χ0) is 13.8. The molecule has 19 heavy (non-hydrogen) atoms. The van der Waals surface area contributed by atoms with Gasteiger partial charge >= 0.3 is 0 Å². The number of nitrogens with one attached hydrogen (secondary N) is 1. The van der Waals surface area contributed by atoms with Gasteiger partial charge in [-0.05, 0) is 30.3 Å². The number of hydrogen-bond donors (Lipinski definition) is 1. The van der Waals surface area contributed by atoms with Gasteiger partial charge in [0.15, 0.2) is 0 Å². The zero-order valence-electron chi connectivity index (χ0n) is 10.4. The van der Waals surface area contributed by atoms with Crippen molar-refractivity contribution in [2.75, 3.05) is 0 Å². The molecule has 1 aromatic heterocycles. The fraction of sp³-hybridized carbons (Fsp3) is 0.143. The van der Waals surface area contributed by atoms with Crippen molar-refractivity contribution in [3.63, 3.8) is 0 Å². The summed E-state index contributed by atoms with van der Waals surface area (Å²) >= 11 is 3.31. The van der Waals surface area contributed by atoms with Gasteiger partial charge in [0.1, 0.15) is 0 Å². The minimum atomic E-state index is -0.196. The van der Waals surface area contributed by atoms with Crippen LogP contribution in [0.15, 0.2) is 51.9 Å². The first-order valence-corrected chi connectivity index (χ1v) is 6.55. The van der Waals surface area contributed by atoms with Crippen molar-refractivity contribution in [3.8, 4) is 0 Å². The highest BCUT2D eigenvalue weighted by atomic mass is 79.9. The third-order valence-electron chi connectivity index (χ3n) is 2.75. The summed E-state index contributed by atoms with van der Waals surface area (Å²) in [5.41, 5.74) is 1.03.